The molecule has 0 saturated carbocycles. The van der Waals surface area contributed by atoms with Crippen LogP contribution in [0.4, 0.5) is 0 Å². The highest BCUT2D eigenvalue weighted by Crippen LogP contribution is 2.26. The van der Waals surface area contributed by atoms with E-state index in [0.717, 1.165) is 30.8 Å². The van der Waals surface area contributed by atoms with Crippen molar-refractivity contribution >= 4 is 0 Å². The molecule has 0 aliphatic heterocycles. The molecule has 0 saturated heterocycles. The average Bonchev–Trinajstić information content (AvgIpc) is 2.62. The molecule has 0 fully saturated rings. The fraction of sp³-hybridized carbons (Fsp3) is 0.364. The third kappa shape index (κ3) is 5.16. The van der Waals surface area contributed by atoms with Gasteiger partial charge in [-0.15, -0.1) is 6.58 Å². The van der Waals surface area contributed by atoms with E-state index in [-0.39, 0.29) is 0 Å². The van der Waals surface area contributed by atoms with Crippen LogP contribution in [-0.4, -0.2) is 14.2 Å². The van der Waals surface area contributed by atoms with E-state index >= 15 is 0 Å². The fourth-order valence-electron chi connectivity index (χ4n) is 3.06. The van der Waals surface area contributed by atoms with Crippen molar-refractivity contribution in [2.75, 3.05) is 14.2 Å². The maximum Gasteiger partial charge on any atom is 0.118 e. The highest BCUT2D eigenvalue weighted by molar-refractivity contribution is 5.29. The first-order valence-corrected chi connectivity index (χ1v) is 8.53. The summed E-state index contributed by atoms with van der Waals surface area (Å²) < 4.78 is 10.5. The molecule has 1 unspecified atom stereocenters. The summed E-state index contributed by atoms with van der Waals surface area (Å²) in [6.07, 6.45) is 5.19. The third-order valence-electron chi connectivity index (χ3n) is 4.66. The summed E-state index contributed by atoms with van der Waals surface area (Å²) in [5, 5.41) is 0. The van der Waals surface area contributed by atoms with E-state index in [1.807, 2.05) is 30.3 Å². The van der Waals surface area contributed by atoms with Crippen LogP contribution in [-0.2, 0) is 12.8 Å². The third-order valence-corrected chi connectivity index (χ3v) is 4.66. The highest BCUT2D eigenvalue weighted by Gasteiger charge is 2.18. The molecule has 24 heavy (non-hydrogen) atoms. The lowest BCUT2D eigenvalue weighted by molar-refractivity contribution is 0.355. The minimum Gasteiger partial charge on any atom is -0.497 e. The van der Waals surface area contributed by atoms with Gasteiger partial charge in [0.2, 0.25) is 0 Å². The standard InChI is InChI=1S/C22H28O2/c1-5-6-17(2)20(15-18-7-11-21(23-3)12-8-18)16-19-9-13-22(24-4)14-10-19/h5,7-14,17,20H,1,6,15-16H2,2-4H3. The van der Waals surface area contributed by atoms with Gasteiger partial charge < -0.3 is 9.47 Å². The van der Waals surface area contributed by atoms with Gasteiger partial charge in [-0.25, -0.2) is 0 Å². The molecule has 0 aromatic heterocycles. The Labute approximate surface area is 146 Å². The van der Waals surface area contributed by atoms with Gasteiger partial charge in [-0.1, -0.05) is 37.3 Å². The molecule has 0 aliphatic carbocycles. The largest absolute Gasteiger partial charge is 0.497 e. The Bertz CT molecular complexity index is 564. The van der Waals surface area contributed by atoms with Crippen molar-refractivity contribution in [3.8, 4) is 11.5 Å². The SMILES string of the molecule is C=CCC(C)C(Cc1ccc(OC)cc1)Cc1ccc(OC)cc1. The van der Waals surface area contributed by atoms with Gasteiger partial charge in [0.25, 0.3) is 0 Å². The van der Waals surface area contributed by atoms with Gasteiger partial charge in [-0.3, -0.25) is 0 Å². The zero-order valence-corrected chi connectivity index (χ0v) is 15.0. The number of hydrogen-bond donors (Lipinski definition) is 0. The molecule has 2 aromatic rings. The first-order chi connectivity index (χ1) is 11.7. The van der Waals surface area contributed by atoms with Crippen LogP contribution in [0.1, 0.15) is 24.5 Å². The molecule has 2 rings (SSSR count). The number of hydrogen-bond acceptors (Lipinski definition) is 2. The Morgan fingerprint density at radius 2 is 1.25 bits per heavy atom. The lowest BCUT2D eigenvalue weighted by atomic mass is 9.81. The first kappa shape index (κ1) is 18.1. The van der Waals surface area contributed by atoms with E-state index in [0.29, 0.717) is 11.8 Å². The number of rotatable bonds is 9. The Balaban J connectivity index is 2.11. The van der Waals surface area contributed by atoms with Crippen molar-refractivity contribution in [2.45, 2.75) is 26.2 Å². The van der Waals surface area contributed by atoms with Crippen LogP contribution >= 0.6 is 0 Å². The van der Waals surface area contributed by atoms with Crippen LogP contribution < -0.4 is 9.47 Å². The van der Waals surface area contributed by atoms with Crippen molar-refractivity contribution in [3.63, 3.8) is 0 Å². The molecule has 1 atom stereocenters. The summed E-state index contributed by atoms with van der Waals surface area (Å²) in [5.41, 5.74) is 2.70. The summed E-state index contributed by atoms with van der Waals surface area (Å²) in [6.45, 7) is 6.23. The molecule has 0 amide bonds. The van der Waals surface area contributed by atoms with Gasteiger partial charge >= 0.3 is 0 Å². The van der Waals surface area contributed by atoms with Gasteiger partial charge in [-0.05, 0) is 66.5 Å². The van der Waals surface area contributed by atoms with Crippen molar-refractivity contribution in [2.24, 2.45) is 11.8 Å². The maximum absolute atomic E-state index is 5.25. The lowest BCUT2D eigenvalue weighted by Gasteiger charge is -2.24. The minimum atomic E-state index is 0.574. The molecule has 0 heterocycles. The van der Waals surface area contributed by atoms with Crippen LogP contribution in [0, 0.1) is 11.8 Å². The molecule has 0 N–H and O–H groups in total. The van der Waals surface area contributed by atoms with Crippen LogP contribution in [0.25, 0.3) is 0 Å². The average molecular weight is 324 g/mol. The topological polar surface area (TPSA) is 18.5 Å². The number of methoxy groups -OCH3 is 2. The van der Waals surface area contributed by atoms with Crippen molar-refractivity contribution in [3.05, 3.63) is 72.3 Å². The summed E-state index contributed by atoms with van der Waals surface area (Å²) in [4.78, 5) is 0. The quantitative estimate of drug-likeness (QED) is 0.581. The van der Waals surface area contributed by atoms with Gasteiger partial charge in [0.1, 0.15) is 11.5 Å². The number of ether oxygens (including phenoxy) is 2. The van der Waals surface area contributed by atoms with Crippen LogP contribution in [0.5, 0.6) is 11.5 Å². The molecule has 0 bridgehead atoms. The molecular formula is C22H28O2. The van der Waals surface area contributed by atoms with Gasteiger partial charge in [-0.2, -0.15) is 0 Å². The van der Waals surface area contributed by atoms with Crippen LogP contribution in [0.15, 0.2) is 61.2 Å². The van der Waals surface area contributed by atoms with Gasteiger partial charge in [0.05, 0.1) is 14.2 Å². The molecule has 0 spiro atoms. The second-order valence-electron chi connectivity index (χ2n) is 6.37. The molecule has 0 radical (unpaired) electrons. The maximum atomic E-state index is 5.25. The smallest absolute Gasteiger partial charge is 0.118 e. The Kier molecular flexibility index (Phi) is 6.92. The van der Waals surface area contributed by atoms with Gasteiger partial charge in [0.15, 0.2) is 0 Å². The molecule has 2 nitrogen and oxygen atoms in total. The number of allylic oxidation sites excluding steroid dienone is 1. The highest BCUT2D eigenvalue weighted by atomic mass is 16.5. The molecule has 0 aliphatic rings. The fourth-order valence-corrected chi connectivity index (χ4v) is 3.06. The van der Waals surface area contributed by atoms with Crippen LogP contribution in [0.2, 0.25) is 0 Å². The summed E-state index contributed by atoms with van der Waals surface area (Å²) in [7, 11) is 3.40. The summed E-state index contributed by atoms with van der Waals surface area (Å²) in [5.74, 6) is 2.98. The first-order valence-electron chi connectivity index (χ1n) is 8.53. The lowest BCUT2D eigenvalue weighted by Crippen LogP contribution is -2.17. The monoisotopic (exact) mass is 324 g/mol. The predicted octanol–water partition coefficient (Wildman–Crippen LogP) is 5.32. The van der Waals surface area contributed by atoms with E-state index < -0.39 is 0 Å². The van der Waals surface area contributed by atoms with E-state index in [4.69, 9.17) is 9.47 Å². The Hall–Kier alpha value is -2.22. The van der Waals surface area contributed by atoms with E-state index in [1.54, 1.807) is 14.2 Å². The minimum absolute atomic E-state index is 0.574. The number of benzene rings is 2. The molecule has 128 valence electrons. The van der Waals surface area contributed by atoms with E-state index in [1.165, 1.54) is 11.1 Å². The zero-order valence-electron chi connectivity index (χ0n) is 15.0. The van der Waals surface area contributed by atoms with E-state index in [2.05, 4.69) is 37.8 Å². The normalized spacial score (nSPS) is 12.0. The van der Waals surface area contributed by atoms with Gasteiger partial charge in [0, 0.05) is 0 Å². The van der Waals surface area contributed by atoms with Crippen molar-refractivity contribution in [1.29, 1.82) is 0 Å². The van der Waals surface area contributed by atoms with Crippen LogP contribution in [0.3, 0.4) is 0 Å². The molecular weight excluding hydrogens is 296 g/mol. The molecule has 2 aromatic carbocycles. The molecule has 2 heteroatoms. The predicted molar refractivity (Wildman–Crippen MR) is 101 cm³/mol. The van der Waals surface area contributed by atoms with Crippen molar-refractivity contribution in [1.82, 2.24) is 0 Å². The summed E-state index contributed by atoms with van der Waals surface area (Å²) in [6, 6.07) is 16.8. The Morgan fingerprint density at radius 1 is 0.833 bits per heavy atom. The zero-order chi connectivity index (χ0) is 17.4. The second kappa shape index (κ2) is 9.17. The summed E-state index contributed by atoms with van der Waals surface area (Å²) >= 11 is 0. The second-order valence-corrected chi connectivity index (χ2v) is 6.37. The Morgan fingerprint density at radius 3 is 1.58 bits per heavy atom. The van der Waals surface area contributed by atoms with Crippen molar-refractivity contribution < 1.29 is 9.47 Å². The van der Waals surface area contributed by atoms with E-state index in [9.17, 15) is 0 Å².